The highest BCUT2D eigenvalue weighted by Gasteiger charge is 2.09. The lowest BCUT2D eigenvalue weighted by Crippen LogP contribution is -2.30. The number of rotatable bonds is 4. The summed E-state index contributed by atoms with van der Waals surface area (Å²) in [5, 5.41) is 2.78. The van der Waals surface area contributed by atoms with Gasteiger partial charge in [-0.05, 0) is 37.3 Å². The number of amides is 1. The van der Waals surface area contributed by atoms with Gasteiger partial charge in [0.05, 0.1) is 11.0 Å². The van der Waals surface area contributed by atoms with Gasteiger partial charge in [-0.1, -0.05) is 17.7 Å². The summed E-state index contributed by atoms with van der Waals surface area (Å²) in [7, 11) is 0. The Labute approximate surface area is 131 Å². The van der Waals surface area contributed by atoms with Crippen LogP contribution in [0.1, 0.15) is 15.9 Å². The Kier molecular flexibility index (Phi) is 3.97. The quantitative estimate of drug-likeness (QED) is 0.775. The average molecular weight is 313 g/mol. The van der Waals surface area contributed by atoms with E-state index >= 15 is 0 Å². The maximum atomic E-state index is 13.2. The van der Waals surface area contributed by atoms with Crippen molar-refractivity contribution < 1.29 is 9.18 Å². The number of carbonyl (C=O) groups is 1. The van der Waals surface area contributed by atoms with E-state index in [2.05, 4.69) is 10.3 Å². The number of nitrogens with zero attached hydrogens (tertiary/aromatic N) is 1. The normalized spacial score (nSPS) is 10.9. The van der Waals surface area contributed by atoms with E-state index < -0.39 is 5.82 Å². The molecule has 118 valence electrons. The fraction of sp³-hybridized carbons (Fsp3) is 0.176. The Morgan fingerprint density at radius 1 is 1.26 bits per heavy atom. The summed E-state index contributed by atoms with van der Waals surface area (Å²) in [5.41, 5.74) is 2.32. The Morgan fingerprint density at radius 2 is 2.09 bits per heavy atom. The molecule has 2 aromatic carbocycles. The number of aromatic amines is 1. The molecule has 6 heteroatoms. The molecule has 1 amide bonds. The number of hydrogen-bond acceptors (Lipinski definition) is 2. The Morgan fingerprint density at radius 3 is 2.87 bits per heavy atom. The molecule has 0 unspecified atom stereocenters. The minimum atomic E-state index is -0.404. The summed E-state index contributed by atoms with van der Waals surface area (Å²) in [6.45, 7) is 2.53. The number of H-pyrrole nitrogens is 1. The van der Waals surface area contributed by atoms with E-state index in [-0.39, 0.29) is 11.6 Å². The van der Waals surface area contributed by atoms with Crippen LogP contribution in [0.3, 0.4) is 0 Å². The molecule has 0 saturated carbocycles. The number of benzene rings is 2. The van der Waals surface area contributed by atoms with Crippen molar-refractivity contribution in [3.8, 4) is 0 Å². The van der Waals surface area contributed by atoms with E-state index in [4.69, 9.17) is 0 Å². The zero-order valence-corrected chi connectivity index (χ0v) is 12.6. The predicted octanol–water partition coefficient (Wildman–Crippen LogP) is 2.21. The molecule has 1 heterocycles. The number of aromatic nitrogens is 2. The first-order valence-electron chi connectivity index (χ1n) is 7.27. The van der Waals surface area contributed by atoms with Gasteiger partial charge in [-0.25, -0.2) is 9.18 Å². The van der Waals surface area contributed by atoms with E-state index in [0.717, 1.165) is 5.56 Å². The lowest BCUT2D eigenvalue weighted by Gasteiger charge is -2.07. The van der Waals surface area contributed by atoms with E-state index in [1.165, 1.54) is 16.7 Å². The fourth-order valence-electron chi connectivity index (χ4n) is 2.53. The summed E-state index contributed by atoms with van der Waals surface area (Å²) in [6.07, 6.45) is 0. The van der Waals surface area contributed by atoms with Crippen LogP contribution in [0.4, 0.5) is 4.39 Å². The third kappa shape index (κ3) is 3.15. The lowest BCUT2D eigenvalue weighted by molar-refractivity contribution is 0.0952. The summed E-state index contributed by atoms with van der Waals surface area (Å²) in [4.78, 5) is 26.6. The van der Waals surface area contributed by atoms with Gasteiger partial charge < -0.3 is 10.3 Å². The highest BCUT2D eigenvalue weighted by Crippen LogP contribution is 2.11. The fourth-order valence-corrected chi connectivity index (χ4v) is 2.53. The van der Waals surface area contributed by atoms with Crippen LogP contribution < -0.4 is 11.0 Å². The van der Waals surface area contributed by atoms with Crippen molar-refractivity contribution in [1.82, 2.24) is 14.9 Å². The summed E-state index contributed by atoms with van der Waals surface area (Å²) < 4.78 is 14.6. The number of hydrogen-bond donors (Lipinski definition) is 2. The summed E-state index contributed by atoms with van der Waals surface area (Å²) in [6, 6.07) is 11.4. The second kappa shape index (κ2) is 6.08. The Bertz CT molecular complexity index is 927. The molecule has 0 radical (unpaired) electrons. The molecular formula is C17H16FN3O2. The summed E-state index contributed by atoms with van der Waals surface area (Å²) >= 11 is 0. The molecule has 0 fully saturated rings. The number of aryl methyl sites for hydroxylation is 1. The number of imidazole rings is 1. The van der Waals surface area contributed by atoms with Crippen LogP contribution in [-0.4, -0.2) is 22.0 Å². The second-order valence-corrected chi connectivity index (χ2v) is 5.37. The molecule has 0 atom stereocenters. The van der Waals surface area contributed by atoms with Gasteiger partial charge in [0, 0.05) is 18.7 Å². The molecule has 0 aliphatic rings. The molecule has 0 saturated heterocycles. The van der Waals surface area contributed by atoms with Crippen molar-refractivity contribution in [2.45, 2.75) is 13.5 Å². The zero-order chi connectivity index (χ0) is 16.4. The van der Waals surface area contributed by atoms with Crippen LogP contribution in [0.15, 0.2) is 47.3 Å². The van der Waals surface area contributed by atoms with Gasteiger partial charge in [-0.15, -0.1) is 0 Å². The van der Waals surface area contributed by atoms with Crippen LogP contribution >= 0.6 is 0 Å². The minimum absolute atomic E-state index is 0.187. The molecule has 0 bridgehead atoms. The van der Waals surface area contributed by atoms with Crippen LogP contribution in [0.5, 0.6) is 0 Å². The van der Waals surface area contributed by atoms with Crippen molar-refractivity contribution in [2.75, 3.05) is 6.54 Å². The van der Waals surface area contributed by atoms with Gasteiger partial charge in [0.15, 0.2) is 0 Å². The highest BCUT2D eigenvalue weighted by atomic mass is 19.1. The Balaban J connectivity index is 1.71. The first-order chi connectivity index (χ1) is 11.0. The molecule has 3 aromatic rings. The van der Waals surface area contributed by atoms with Gasteiger partial charge in [-0.3, -0.25) is 9.36 Å². The standard InChI is InChI=1S/C17H16FN3O2/c1-11-3-2-4-12(9-11)16(22)19-7-8-21-15-6-5-13(18)10-14(15)20-17(21)23/h2-6,9-10H,7-8H2,1H3,(H,19,22)(H,20,23). The van der Waals surface area contributed by atoms with Gasteiger partial charge in [0.25, 0.3) is 5.91 Å². The molecule has 1 aromatic heterocycles. The molecule has 5 nitrogen and oxygen atoms in total. The van der Waals surface area contributed by atoms with Crippen molar-refractivity contribution in [3.05, 3.63) is 69.9 Å². The van der Waals surface area contributed by atoms with Gasteiger partial charge in [0.1, 0.15) is 5.82 Å². The third-order valence-electron chi connectivity index (χ3n) is 3.64. The molecular weight excluding hydrogens is 297 g/mol. The van der Waals surface area contributed by atoms with E-state index in [9.17, 15) is 14.0 Å². The highest BCUT2D eigenvalue weighted by molar-refractivity contribution is 5.94. The van der Waals surface area contributed by atoms with Gasteiger partial charge >= 0.3 is 5.69 Å². The van der Waals surface area contributed by atoms with Crippen molar-refractivity contribution in [3.63, 3.8) is 0 Å². The monoisotopic (exact) mass is 313 g/mol. The molecule has 2 N–H and O–H groups in total. The van der Waals surface area contributed by atoms with Crippen molar-refractivity contribution in [2.24, 2.45) is 0 Å². The van der Waals surface area contributed by atoms with E-state index in [1.807, 2.05) is 19.1 Å². The maximum Gasteiger partial charge on any atom is 0.326 e. The molecule has 3 rings (SSSR count). The van der Waals surface area contributed by atoms with Crippen LogP contribution in [0.25, 0.3) is 11.0 Å². The number of carbonyl (C=O) groups excluding carboxylic acids is 1. The predicted molar refractivity (Wildman–Crippen MR) is 86.0 cm³/mol. The van der Waals surface area contributed by atoms with Gasteiger partial charge in [-0.2, -0.15) is 0 Å². The molecule has 0 aliphatic carbocycles. The van der Waals surface area contributed by atoms with Crippen molar-refractivity contribution >= 4 is 16.9 Å². The molecule has 0 spiro atoms. The smallest absolute Gasteiger partial charge is 0.326 e. The zero-order valence-electron chi connectivity index (χ0n) is 12.6. The van der Waals surface area contributed by atoms with Gasteiger partial charge in [0.2, 0.25) is 0 Å². The average Bonchev–Trinajstić information content (AvgIpc) is 2.82. The van der Waals surface area contributed by atoms with Crippen LogP contribution in [0.2, 0.25) is 0 Å². The molecule has 23 heavy (non-hydrogen) atoms. The topological polar surface area (TPSA) is 66.9 Å². The van der Waals surface area contributed by atoms with Crippen LogP contribution in [-0.2, 0) is 6.54 Å². The summed E-state index contributed by atoms with van der Waals surface area (Å²) in [5.74, 6) is -0.591. The van der Waals surface area contributed by atoms with Crippen molar-refractivity contribution in [1.29, 1.82) is 0 Å². The lowest BCUT2D eigenvalue weighted by atomic mass is 10.1. The second-order valence-electron chi connectivity index (χ2n) is 5.37. The number of nitrogens with one attached hydrogen (secondary N) is 2. The SMILES string of the molecule is Cc1cccc(C(=O)NCCn2c(=O)[nH]c3cc(F)ccc32)c1. The Hall–Kier alpha value is -2.89. The maximum absolute atomic E-state index is 13.2. The van der Waals surface area contributed by atoms with E-state index in [1.54, 1.807) is 18.2 Å². The van der Waals surface area contributed by atoms with Crippen LogP contribution in [0, 0.1) is 12.7 Å². The first-order valence-corrected chi connectivity index (χ1v) is 7.27. The number of halogens is 1. The number of fused-ring (bicyclic) bond motifs is 1. The third-order valence-corrected chi connectivity index (χ3v) is 3.64. The van der Waals surface area contributed by atoms with E-state index in [0.29, 0.717) is 29.7 Å². The minimum Gasteiger partial charge on any atom is -0.350 e. The first kappa shape index (κ1) is 15.0. The largest absolute Gasteiger partial charge is 0.350 e. The molecule has 0 aliphatic heterocycles.